The lowest BCUT2D eigenvalue weighted by Gasteiger charge is -2.35. The summed E-state index contributed by atoms with van der Waals surface area (Å²) in [6.07, 6.45) is 0.499. The molecule has 0 radical (unpaired) electrons. The summed E-state index contributed by atoms with van der Waals surface area (Å²) in [5, 5.41) is 0. The fraction of sp³-hybridized carbons (Fsp3) is 0.381. The van der Waals surface area contributed by atoms with E-state index in [9.17, 15) is 4.79 Å². The minimum absolute atomic E-state index is 0.230. The summed E-state index contributed by atoms with van der Waals surface area (Å²) in [5.41, 5.74) is 3.60. The average Bonchev–Trinajstić information content (AvgIpc) is 2.65. The summed E-state index contributed by atoms with van der Waals surface area (Å²) in [6, 6.07) is 16.4. The van der Waals surface area contributed by atoms with E-state index in [1.807, 2.05) is 29.2 Å². The molecule has 1 aliphatic heterocycles. The van der Waals surface area contributed by atoms with E-state index >= 15 is 0 Å². The number of ether oxygens (including phenoxy) is 1. The molecular formula is C21H26N2O2. The Morgan fingerprint density at radius 1 is 0.920 bits per heavy atom. The predicted octanol–water partition coefficient (Wildman–Crippen LogP) is 2.89. The van der Waals surface area contributed by atoms with Gasteiger partial charge < -0.3 is 9.64 Å². The molecule has 0 aliphatic carbocycles. The largest absolute Gasteiger partial charge is 0.497 e. The maximum atomic E-state index is 12.5. The van der Waals surface area contributed by atoms with Gasteiger partial charge in [-0.2, -0.15) is 0 Å². The van der Waals surface area contributed by atoms with Gasteiger partial charge in [-0.05, 0) is 30.2 Å². The third-order valence-corrected chi connectivity index (χ3v) is 4.77. The molecule has 4 nitrogen and oxygen atoms in total. The monoisotopic (exact) mass is 338 g/mol. The third-order valence-electron chi connectivity index (χ3n) is 4.77. The molecule has 1 amide bonds. The number of hydrogen-bond donors (Lipinski definition) is 0. The van der Waals surface area contributed by atoms with E-state index in [0.717, 1.165) is 44.0 Å². The molecule has 1 fully saturated rings. The van der Waals surface area contributed by atoms with Crippen LogP contribution >= 0.6 is 0 Å². The zero-order chi connectivity index (χ0) is 17.6. The smallest absolute Gasteiger partial charge is 0.227 e. The van der Waals surface area contributed by atoms with Crippen molar-refractivity contribution in [2.75, 3.05) is 33.3 Å². The highest BCUT2D eigenvalue weighted by Crippen LogP contribution is 2.15. The van der Waals surface area contributed by atoms with Crippen molar-refractivity contribution >= 4 is 5.91 Å². The molecule has 0 saturated carbocycles. The Labute approximate surface area is 150 Å². The molecule has 0 unspecified atom stereocenters. The topological polar surface area (TPSA) is 32.8 Å². The van der Waals surface area contributed by atoms with Crippen molar-refractivity contribution in [3.63, 3.8) is 0 Å². The zero-order valence-electron chi connectivity index (χ0n) is 15.1. The van der Waals surface area contributed by atoms with Gasteiger partial charge in [0.1, 0.15) is 5.75 Å². The average molecular weight is 338 g/mol. The van der Waals surface area contributed by atoms with Crippen molar-refractivity contribution in [3.05, 3.63) is 65.2 Å². The van der Waals surface area contributed by atoms with Crippen LogP contribution < -0.4 is 4.74 Å². The molecule has 1 aliphatic rings. The molecule has 4 heteroatoms. The quantitative estimate of drug-likeness (QED) is 0.840. The number of hydrogen-bond acceptors (Lipinski definition) is 3. The molecule has 0 atom stereocenters. The van der Waals surface area contributed by atoms with Crippen LogP contribution in [-0.2, 0) is 17.8 Å². The number of aryl methyl sites for hydroxylation is 1. The number of rotatable bonds is 5. The lowest BCUT2D eigenvalue weighted by Crippen LogP contribution is -2.48. The molecule has 132 valence electrons. The summed E-state index contributed by atoms with van der Waals surface area (Å²) < 4.78 is 5.20. The molecule has 0 spiro atoms. The van der Waals surface area contributed by atoms with E-state index in [2.05, 4.69) is 36.1 Å². The first-order valence-electron chi connectivity index (χ1n) is 8.82. The lowest BCUT2D eigenvalue weighted by atomic mass is 10.1. The Morgan fingerprint density at radius 2 is 1.52 bits per heavy atom. The SMILES string of the molecule is COc1ccc(CN2CCN(C(=O)Cc3ccc(C)cc3)CC2)cc1. The second kappa shape index (κ2) is 8.17. The molecule has 2 aromatic rings. The Hall–Kier alpha value is -2.33. The zero-order valence-corrected chi connectivity index (χ0v) is 15.1. The van der Waals surface area contributed by atoms with E-state index in [1.54, 1.807) is 7.11 Å². The van der Waals surface area contributed by atoms with Gasteiger partial charge in [0.15, 0.2) is 0 Å². The maximum absolute atomic E-state index is 12.5. The van der Waals surface area contributed by atoms with Crippen molar-refractivity contribution in [2.45, 2.75) is 19.9 Å². The number of benzene rings is 2. The normalized spacial score (nSPS) is 15.2. The number of nitrogens with zero attached hydrogens (tertiary/aromatic N) is 2. The maximum Gasteiger partial charge on any atom is 0.227 e. The van der Waals surface area contributed by atoms with Crippen LogP contribution in [-0.4, -0.2) is 49.0 Å². The Balaban J connectivity index is 1.47. The minimum atomic E-state index is 0.230. The summed E-state index contributed by atoms with van der Waals surface area (Å²) >= 11 is 0. The molecule has 1 saturated heterocycles. The van der Waals surface area contributed by atoms with Gasteiger partial charge in [-0.1, -0.05) is 42.0 Å². The van der Waals surface area contributed by atoms with Crippen molar-refractivity contribution < 1.29 is 9.53 Å². The van der Waals surface area contributed by atoms with Gasteiger partial charge in [0.2, 0.25) is 5.91 Å². The highest BCUT2D eigenvalue weighted by molar-refractivity contribution is 5.78. The minimum Gasteiger partial charge on any atom is -0.497 e. The van der Waals surface area contributed by atoms with Crippen LogP contribution in [0.3, 0.4) is 0 Å². The van der Waals surface area contributed by atoms with E-state index in [1.165, 1.54) is 11.1 Å². The fourth-order valence-corrected chi connectivity index (χ4v) is 3.14. The van der Waals surface area contributed by atoms with E-state index in [4.69, 9.17) is 4.74 Å². The van der Waals surface area contributed by atoms with E-state index < -0.39 is 0 Å². The molecule has 25 heavy (non-hydrogen) atoms. The number of amides is 1. The first-order chi connectivity index (χ1) is 12.1. The number of carbonyl (C=O) groups is 1. The van der Waals surface area contributed by atoms with Crippen LogP contribution in [0, 0.1) is 6.92 Å². The summed E-state index contributed by atoms with van der Waals surface area (Å²) in [5.74, 6) is 1.11. The van der Waals surface area contributed by atoms with Crippen LogP contribution in [0.2, 0.25) is 0 Å². The van der Waals surface area contributed by atoms with Gasteiger partial charge in [0, 0.05) is 32.7 Å². The lowest BCUT2D eigenvalue weighted by molar-refractivity contribution is -0.132. The van der Waals surface area contributed by atoms with Crippen LogP contribution in [0.25, 0.3) is 0 Å². The molecule has 0 bridgehead atoms. The summed E-state index contributed by atoms with van der Waals surface area (Å²) in [7, 11) is 1.68. The molecule has 0 aromatic heterocycles. The fourth-order valence-electron chi connectivity index (χ4n) is 3.14. The molecule has 3 rings (SSSR count). The number of methoxy groups -OCH3 is 1. The summed E-state index contributed by atoms with van der Waals surface area (Å²) in [6.45, 7) is 6.44. The van der Waals surface area contributed by atoms with Gasteiger partial charge >= 0.3 is 0 Å². The standard InChI is InChI=1S/C21H26N2O2/c1-17-3-5-18(6-4-17)15-21(24)23-13-11-22(12-14-23)16-19-7-9-20(25-2)10-8-19/h3-10H,11-16H2,1-2H3. The van der Waals surface area contributed by atoms with Crippen LogP contribution in [0.5, 0.6) is 5.75 Å². The third kappa shape index (κ3) is 4.83. The number of carbonyl (C=O) groups excluding carboxylic acids is 1. The van der Waals surface area contributed by atoms with Gasteiger partial charge in [-0.15, -0.1) is 0 Å². The van der Waals surface area contributed by atoms with Crippen molar-refractivity contribution in [1.29, 1.82) is 0 Å². The molecule has 2 aromatic carbocycles. The highest BCUT2D eigenvalue weighted by atomic mass is 16.5. The first-order valence-corrected chi connectivity index (χ1v) is 8.82. The van der Waals surface area contributed by atoms with Crippen molar-refractivity contribution in [1.82, 2.24) is 9.80 Å². The molecular weight excluding hydrogens is 312 g/mol. The summed E-state index contributed by atoms with van der Waals surface area (Å²) in [4.78, 5) is 16.9. The Bertz CT molecular complexity index is 687. The second-order valence-electron chi connectivity index (χ2n) is 6.67. The van der Waals surface area contributed by atoms with Gasteiger partial charge in [0.25, 0.3) is 0 Å². The van der Waals surface area contributed by atoms with Crippen LogP contribution in [0.1, 0.15) is 16.7 Å². The van der Waals surface area contributed by atoms with Crippen molar-refractivity contribution in [3.8, 4) is 5.75 Å². The van der Waals surface area contributed by atoms with Crippen LogP contribution in [0.4, 0.5) is 0 Å². The van der Waals surface area contributed by atoms with Gasteiger partial charge in [-0.25, -0.2) is 0 Å². The number of piperazine rings is 1. The molecule has 1 heterocycles. The highest BCUT2D eigenvalue weighted by Gasteiger charge is 2.21. The van der Waals surface area contributed by atoms with Crippen molar-refractivity contribution in [2.24, 2.45) is 0 Å². The predicted molar refractivity (Wildman–Crippen MR) is 99.7 cm³/mol. The van der Waals surface area contributed by atoms with Gasteiger partial charge in [0.05, 0.1) is 13.5 Å². The molecule has 0 N–H and O–H groups in total. The van der Waals surface area contributed by atoms with Gasteiger partial charge in [-0.3, -0.25) is 9.69 Å². The second-order valence-corrected chi connectivity index (χ2v) is 6.67. The van der Waals surface area contributed by atoms with E-state index in [-0.39, 0.29) is 5.91 Å². The van der Waals surface area contributed by atoms with Crippen LogP contribution in [0.15, 0.2) is 48.5 Å². The first kappa shape index (κ1) is 17.5. The Morgan fingerprint density at radius 3 is 2.12 bits per heavy atom. The Kier molecular flexibility index (Phi) is 5.71. The van der Waals surface area contributed by atoms with E-state index in [0.29, 0.717) is 6.42 Å².